The minimum absolute atomic E-state index is 0.00224. The van der Waals surface area contributed by atoms with Crippen LogP contribution in [0.2, 0.25) is 0 Å². The predicted molar refractivity (Wildman–Crippen MR) is 127 cm³/mol. The van der Waals surface area contributed by atoms with Crippen molar-refractivity contribution in [3.63, 3.8) is 0 Å². The molecule has 0 saturated carbocycles. The second-order valence-corrected chi connectivity index (χ2v) is 7.75. The Bertz CT molecular complexity index is 1290. The van der Waals surface area contributed by atoms with Crippen LogP contribution in [0.1, 0.15) is 29.3 Å². The number of rotatable bonds is 7. The molecule has 0 spiro atoms. The number of hydrogen-bond donors (Lipinski definition) is 3. The van der Waals surface area contributed by atoms with Gasteiger partial charge in [0.05, 0.1) is 16.8 Å². The molecule has 0 bridgehead atoms. The normalized spacial score (nSPS) is 10.7. The standard InChI is InChI=1S/C26H24N4O3/c1-17(31)28-13-2-3-18-4-6-19(7-5-18)20-8-10-21(11-9-20)25-15-22(26(32)30-33)23-16-27-14-12-24(23)29-25/h4-12,14-16,33H,2-3,13H2,1H3,(H,28,31)(H,30,32). The van der Waals surface area contributed by atoms with Gasteiger partial charge in [-0.05, 0) is 41.7 Å². The maximum Gasteiger partial charge on any atom is 0.275 e. The summed E-state index contributed by atoms with van der Waals surface area (Å²) in [6.45, 7) is 2.21. The van der Waals surface area contributed by atoms with Crippen LogP contribution in [0.4, 0.5) is 0 Å². The van der Waals surface area contributed by atoms with Crippen molar-refractivity contribution < 1.29 is 14.8 Å². The van der Waals surface area contributed by atoms with Crippen LogP contribution in [0.5, 0.6) is 0 Å². The average molecular weight is 441 g/mol. The van der Waals surface area contributed by atoms with Gasteiger partial charge in [0, 0.05) is 36.8 Å². The SMILES string of the molecule is CC(=O)NCCCc1ccc(-c2ccc(-c3cc(C(=O)NO)c4cnccc4n3)cc2)cc1. The Hall–Kier alpha value is -4.10. The van der Waals surface area contributed by atoms with Gasteiger partial charge in [0.15, 0.2) is 0 Å². The Labute approximate surface area is 191 Å². The molecule has 2 aromatic heterocycles. The fourth-order valence-corrected chi connectivity index (χ4v) is 3.72. The Morgan fingerprint density at radius 3 is 2.27 bits per heavy atom. The number of carbonyl (C=O) groups is 2. The highest BCUT2D eigenvalue weighted by molar-refractivity contribution is 6.06. The van der Waals surface area contributed by atoms with E-state index >= 15 is 0 Å². The van der Waals surface area contributed by atoms with Crippen LogP contribution in [-0.2, 0) is 11.2 Å². The Morgan fingerprint density at radius 2 is 1.61 bits per heavy atom. The third-order valence-electron chi connectivity index (χ3n) is 5.44. The lowest BCUT2D eigenvalue weighted by Gasteiger charge is -2.09. The first kappa shape index (κ1) is 22.1. The van der Waals surface area contributed by atoms with Gasteiger partial charge in [0.2, 0.25) is 5.91 Å². The lowest BCUT2D eigenvalue weighted by Crippen LogP contribution is -2.21. The summed E-state index contributed by atoms with van der Waals surface area (Å²) in [5.74, 6) is -0.608. The van der Waals surface area contributed by atoms with Crippen LogP contribution in [0.15, 0.2) is 73.1 Å². The number of nitrogens with one attached hydrogen (secondary N) is 2. The molecule has 33 heavy (non-hydrogen) atoms. The predicted octanol–water partition coefficient (Wildman–Crippen LogP) is 4.15. The molecule has 2 amide bonds. The summed E-state index contributed by atoms with van der Waals surface area (Å²) in [5, 5.41) is 12.5. The van der Waals surface area contributed by atoms with Crippen LogP contribution in [-0.4, -0.2) is 33.5 Å². The van der Waals surface area contributed by atoms with E-state index in [0.29, 0.717) is 28.7 Å². The number of aryl methyl sites for hydroxylation is 1. The van der Waals surface area contributed by atoms with Crippen LogP contribution < -0.4 is 10.8 Å². The van der Waals surface area contributed by atoms with Crippen molar-refractivity contribution in [3.05, 3.63) is 84.2 Å². The summed E-state index contributed by atoms with van der Waals surface area (Å²) in [6, 6.07) is 19.8. The van der Waals surface area contributed by atoms with Gasteiger partial charge in [0.25, 0.3) is 5.91 Å². The van der Waals surface area contributed by atoms with Crippen LogP contribution in [0.3, 0.4) is 0 Å². The number of nitrogens with zero attached hydrogens (tertiary/aromatic N) is 2. The van der Waals surface area contributed by atoms with Crippen LogP contribution >= 0.6 is 0 Å². The molecule has 7 nitrogen and oxygen atoms in total. The maximum atomic E-state index is 12.2. The zero-order valence-corrected chi connectivity index (χ0v) is 18.2. The fraction of sp³-hybridized carbons (Fsp3) is 0.154. The van der Waals surface area contributed by atoms with Gasteiger partial charge in [-0.25, -0.2) is 10.5 Å². The lowest BCUT2D eigenvalue weighted by atomic mass is 9.99. The van der Waals surface area contributed by atoms with E-state index in [1.807, 2.05) is 24.3 Å². The molecule has 3 N–H and O–H groups in total. The minimum atomic E-state index is -0.606. The highest BCUT2D eigenvalue weighted by atomic mass is 16.5. The zero-order chi connectivity index (χ0) is 23.2. The van der Waals surface area contributed by atoms with Crippen molar-refractivity contribution >= 4 is 22.7 Å². The van der Waals surface area contributed by atoms with E-state index in [-0.39, 0.29) is 5.91 Å². The van der Waals surface area contributed by atoms with Gasteiger partial charge in [0.1, 0.15) is 0 Å². The molecule has 0 atom stereocenters. The van der Waals surface area contributed by atoms with Crippen molar-refractivity contribution in [2.45, 2.75) is 19.8 Å². The summed E-state index contributed by atoms with van der Waals surface area (Å²) < 4.78 is 0. The second-order valence-electron chi connectivity index (χ2n) is 7.75. The van der Waals surface area contributed by atoms with Crippen LogP contribution in [0, 0.1) is 0 Å². The average Bonchev–Trinajstić information content (AvgIpc) is 2.86. The van der Waals surface area contributed by atoms with Gasteiger partial charge < -0.3 is 5.32 Å². The van der Waals surface area contributed by atoms with Crippen molar-refractivity contribution in [2.75, 3.05) is 6.54 Å². The topological polar surface area (TPSA) is 104 Å². The number of pyridine rings is 2. The van der Waals surface area contributed by atoms with Crippen LogP contribution in [0.25, 0.3) is 33.3 Å². The molecule has 2 heterocycles. The van der Waals surface area contributed by atoms with E-state index in [1.54, 1.807) is 30.0 Å². The lowest BCUT2D eigenvalue weighted by molar-refractivity contribution is -0.118. The first-order valence-corrected chi connectivity index (χ1v) is 10.7. The van der Waals surface area contributed by atoms with Crippen molar-refractivity contribution in [1.29, 1.82) is 0 Å². The van der Waals surface area contributed by atoms with E-state index in [9.17, 15) is 9.59 Å². The first-order valence-electron chi connectivity index (χ1n) is 10.7. The van der Waals surface area contributed by atoms with Gasteiger partial charge in [-0.3, -0.25) is 19.8 Å². The first-order chi connectivity index (χ1) is 16.0. The smallest absolute Gasteiger partial charge is 0.275 e. The summed E-state index contributed by atoms with van der Waals surface area (Å²) in [6.07, 6.45) is 4.99. The zero-order valence-electron chi connectivity index (χ0n) is 18.2. The molecule has 0 aliphatic carbocycles. The molecule has 7 heteroatoms. The number of aromatic nitrogens is 2. The molecule has 4 rings (SSSR count). The molecule has 2 aromatic carbocycles. The monoisotopic (exact) mass is 440 g/mol. The highest BCUT2D eigenvalue weighted by Gasteiger charge is 2.14. The third kappa shape index (κ3) is 5.22. The van der Waals surface area contributed by atoms with Crippen molar-refractivity contribution in [3.8, 4) is 22.4 Å². The van der Waals surface area contributed by atoms with Crippen molar-refractivity contribution in [1.82, 2.24) is 20.8 Å². The van der Waals surface area contributed by atoms with Gasteiger partial charge >= 0.3 is 0 Å². The highest BCUT2D eigenvalue weighted by Crippen LogP contribution is 2.27. The molecule has 0 fully saturated rings. The number of hydrogen-bond acceptors (Lipinski definition) is 5. The Morgan fingerprint density at radius 1 is 0.939 bits per heavy atom. The molecular weight excluding hydrogens is 416 g/mol. The Kier molecular flexibility index (Phi) is 6.71. The summed E-state index contributed by atoms with van der Waals surface area (Å²) >= 11 is 0. The summed E-state index contributed by atoms with van der Waals surface area (Å²) in [7, 11) is 0. The molecule has 0 aliphatic rings. The van der Waals surface area contributed by atoms with Crippen molar-refractivity contribution in [2.24, 2.45) is 0 Å². The quantitative estimate of drug-likeness (QED) is 0.228. The summed E-state index contributed by atoms with van der Waals surface area (Å²) in [4.78, 5) is 31.8. The van der Waals surface area contributed by atoms with E-state index in [4.69, 9.17) is 5.21 Å². The molecule has 0 unspecified atom stereocenters. The molecule has 0 saturated heterocycles. The molecule has 4 aromatic rings. The fourth-order valence-electron chi connectivity index (χ4n) is 3.72. The number of carbonyl (C=O) groups excluding carboxylic acids is 2. The van der Waals surface area contributed by atoms with Gasteiger partial charge in [-0.2, -0.15) is 0 Å². The molecule has 166 valence electrons. The largest absolute Gasteiger partial charge is 0.356 e. The number of amides is 2. The molecule has 0 radical (unpaired) electrons. The van der Waals surface area contributed by atoms with Gasteiger partial charge in [-0.1, -0.05) is 48.5 Å². The number of fused-ring (bicyclic) bond motifs is 1. The Balaban J connectivity index is 1.53. The number of benzene rings is 2. The van der Waals surface area contributed by atoms with E-state index in [1.165, 1.54) is 12.5 Å². The van der Waals surface area contributed by atoms with E-state index < -0.39 is 5.91 Å². The third-order valence-corrected chi connectivity index (χ3v) is 5.44. The second kappa shape index (κ2) is 10.0. The minimum Gasteiger partial charge on any atom is -0.356 e. The molecular formula is C26H24N4O3. The molecule has 0 aliphatic heterocycles. The van der Waals surface area contributed by atoms with E-state index in [0.717, 1.165) is 29.5 Å². The van der Waals surface area contributed by atoms with E-state index in [2.05, 4.69) is 39.6 Å². The van der Waals surface area contributed by atoms with Gasteiger partial charge in [-0.15, -0.1) is 0 Å². The maximum absolute atomic E-state index is 12.2. The summed E-state index contributed by atoms with van der Waals surface area (Å²) in [5.41, 5.74) is 7.52. The number of hydroxylamine groups is 1.